The Morgan fingerprint density at radius 2 is 1.84 bits per heavy atom. The van der Waals surface area contributed by atoms with Crippen molar-refractivity contribution < 1.29 is 14.3 Å². The Balaban J connectivity index is 1.58. The molecule has 0 aromatic heterocycles. The Morgan fingerprint density at radius 1 is 1.16 bits per heavy atom. The molecule has 140 valence electrons. The van der Waals surface area contributed by atoms with Crippen LogP contribution >= 0.6 is 11.6 Å². The van der Waals surface area contributed by atoms with Crippen LogP contribution in [0.5, 0.6) is 5.75 Å². The zero-order chi connectivity index (χ0) is 18.1. The topological polar surface area (TPSA) is 50.8 Å². The van der Waals surface area contributed by atoms with E-state index in [0.29, 0.717) is 16.9 Å². The third-order valence-electron chi connectivity index (χ3n) is 4.37. The summed E-state index contributed by atoms with van der Waals surface area (Å²) in [5.41, 5.74) is 0. The third-order valence-corrected chi connectivity index (χ3v) is 4.63. The van der Waals surface area contributed by atoms with Gasteiger partial charge in [0.2, 0.25) is 0 Å². The van der Waals surface area contributed by atoms with Gasteiger partial charge in [0.25, 0.3) is 0 Å². The van der Waals surface area contributed by atoms with Gasteiger partial charge in [0.1, 0.15) is 5.75 Å². The van der Waals surface area contributed by atoms with Gasteiger partial charge in [-0.3, -0.25) is 0 Å². The Bertz CT molecular complexity index is 514. The lowest BCUT2D eigenvalue weighted by Crippen LogP contribution is -2.40. The highest BCUT2D eigenvalue weighted by atomic mass is 35.5. The Morgan fingerprint density at radius 3 is 2.48 bits per heavy atom. The molecule has 2 rings (SSSR count). The number of rotatable bonds is 8. The fraction of sp³-hybridized carbons (Fsp3) is 0.632. The Kier molecular flexibility index (Phi) is 8.52. The summed E-state index contributed by atoms with van der Waals surface area (Å²) in [5, 5.41) is 3.55. The molecule has 1 amide bonds. The lowest BCUT2D eigenvalue weighted by atomic mass is 9.93. The van der Waals surface area contributed by atoms with Crippen LogP contribution in [0.4, 0.5) is 4.79 Å². The van der Waals surface area contributed by atoms with Crippen molar-refractivity contribution in [2.24, 2.45) is 0 Å². The van der Waals surface area contributed by atoms with Crippen molar-refractivity contribution in [3.63, 3.8) is 0 Å². The van der Waals surface area contributed by atoms with Crippen molar-refractivity contribution in [1.29, 1.82) is 0 Å². The molecule has 0 aliphatic heterocycles. The second-order valence-corrected chi connectivity index (χ2v) is 7.28. The highest BCUT2D eigenvalue weighted by Crippen LogP contribution is 2.22. The first kappa shape index (κ1) is 20.0. The number of benzene rings is 1. The summed E-state index contributed by atoms with van der Waals surface area (Å²) in [7, 11) is 4.18. The molecule has 1 N–H and O–H groups in total. The van der Waals surface area contributed by atoms with Crippen LogP contribution in [0.15, 0.2) is 24.3 Å². The number of amides is 1. The fourth-order valence-electron chi connectivity index (χ4n) is 2.96. The van der Waals surface area contributed by atoms with E-state index < -0.39 is 6.09 Å². The number of halogens is 1. The molecule has 0 heterocycles. The summed E-state index contributed by atoms with van der Waals surface area (Å²) < 4.78 is 11.2. The molecule has 6 heteroatoms. The van der Waals surface area contributed by atoms with E-state index in [1.165, 1.54) is 6.42 Å². The standard InChI is InChI=1S/C19H29ClN2O3/c1-22(2)13-3-4-14-24-17-11-7-16(8-12-17)21-19(23)25-18-9-5-15(20)6-10-18/h5-6,9-10,16-17H,3-4,7-8,11-14H2,1-2H3,(H,21,23). The number of unbranched alkanes of at least 4 members (excludes halogenated alkanes) is 1. The molecule has 1 saturated carbocycles. The van der Waals surface area contributed by atoms with E-state index >= 15 is 0 Å². The van der Waals surface area contributed by atoms with Crippen LogP contribution in [0.2, 0.25) is 5.02 Å². The zero-order valence-electron chi connectivity index (χ0n) is 15.2. The highest BCUT2D eigenvalue weighted by molar-refractivity contribution is 6.30. The van der Waals surface area contributed by atoms with Gasteiger partial charge in [-0.2, -0.15) is 0 Å². The molecular formula is C19H29ClN2O3. The quantitative estimate of drug-likeness (QED) is 0.702. The summed E-state index contributed by atoms with van der Waals surface area (Å²) in [6.07, 6.45) is 6.01. The van der Waals surface area contributed by atoms with E-state index in [4.69, 9.17) is 21.1 Å². The zero-order valence-corrected chi connectivity index (χ0v) is 15.9. The average molecular weight is 369 g/mol. The predicted molar refractivity (Wildman–Crippen MR) is 100 cm³/mol. The predicted octanol–water partition coefficient (Wildman–Crippen LogP) is 4.10. The van der Waals surface area contributed by atoms with Crippen molar-refractivity contribution in [3.05, 3.63) is 29.3 Å². The number of hydrogen-bond acceptors (Lipinski definition) is 4. The molecule has 1 fully saturated rings. The molecular weight excluding hydrogens is 340 g/mol. The van der Waals surface area contributed by atoms with E-state index in [-0.39, 0.29) is 6.04 Å². The number of carbonyl (C=O) groups is 1. The minimum absolute atomic E-state index is 0.161. The number of carbonyl (C=O) groups excluding carboxylic acids is 1. The van der Waals surface area contributed by atoms with Crippen molar-refractivity contribution in [2.45, 2.75) is 50.7 Å². The van der Waals surface area contributed by atoms with Gasteiger partial charge in [0, 0.05) is 17.7 Å². The molecule has 25 heavy (non-hydrogen) atoms. The van der Waals surface area contributed by atoms with Gasteiger partial charge in [-0.25, -0.2) is 4.79 Å². The van der Waals surface area contributed by atoms with Crippen molar-refractivity contribution >= 4 is 17.7 Å². The van der Waals surface area contributed by atoms with Crippen molar-refractivity contribution in [1.82, 2.24) is 10.2 Å². The highest BCUT2D eigenvalue weighted by Gasteiger charge is 2.23. The van der Waals surface area contributed by atoms with Gasteiger partial charge in [0.05, 0.1) is 6.10 Å². The minimum Gasteiger partial charge on any atom is -0.410 e. The minimum atomic E-state index is -0.407. The van der Waals surface area contributed by atoms with Gasteiger partial charge in [-0.15, -0.1) is 0 Å². The van der Waals surface area contributed by atoms with Crippen LogP contribution < -0.4 is 10.1 Å². The molecule has 0 unspecified atom stereocenters. The summed E-state index contributed by atoms with van der Waals surface area (Å²) >= 11 is 5.81. The Hall–Kier alpha value is -1.30. The van der Waals surface area contributed by atoms with Gasteiger partial charge in [0.15, 0.2) is 0 Å². The number of hydrogen-bond donors (Lipinski definition) is 1. The number of nitrogens with zero attached hydrogens (tertiary/aromatic N) is 1. The van der Waals surface area contributed by atoms with Gasteiger partial charge in [-0.05, 0) is 83.4 Å². The molecule has 0 spiro atoms. The molecule has 1 aliphatic carbocycles. The van der Waals surface area contributed by atoms with Crippen LogP contribution in [0, 0.1) is 0 Å². The number of nitrogens with one attached hydrogen (secondary N) is 1. The maximum Gasteiger partial charge on any atom is 0.412 e. The lowest BCUT2D eigenvalue weighted by Gasteiger charge is -2.29. The molecule has 0 radical (unpaired) electrons. The van der Waals surface area contributed by atoms with Crippen LogP contribution in [-0.2, 0) is 4.74 Å². The first-order valence-corrected chi connectivity index (χ1v) is 9.41. The van der Waals surface area contributed by atoms with E-state index in [1.807, 2.05) is 0 Å². The first-order valence-electron chi connectivity index (χ1n) is 9.03. The van der Waals surface area contributed by atoms with Gasteiger partial charge in [-0.1, -0.05) is 11.6 Å². The van der Waals surface area contributed by atoms with Crippen molar-refractivity contribution in [2.75, 3.05) is 27.2 Å². The second kappa shape index (κ2) is 10.6. The monoisotopic (exact) mass is 368 g/mol. The molecule has 1 aromatic rings. The Labute approximate surface area is 155 Å². The SMILES string of the molecule is CN(C)CCCCOC1CCC(NC(=O)Oc2ccc(Cl)cc2)CC1. The van der Waals surface area contributed by atoms with Crippen LogP contribution in [-0.4, -0.2) is 50.4 Å². The summed E-state index contributed by atoms with van der Waals surface area (Å²) in [4.78, 5) is 14.1. The summed E-state index contributed by atoms with van der Waals surface area (Å²) in [6.45, 7) is 1.94. The maximum atomic E-state index is 11.9. The van der Waals surface area contributed by atoms with Crippen LogP contribution in [0.25, 0.3) is 0 Å². The van der Waals surface area contributed by atoms with Gasteiger partial charge >= 0.3 is 6.09 Å². The average Bonchev–Trinajstić information content (AvgIpc) is 2.58. The third kappa shape index (κ3) is 8.08. The maximum absolute atomic E-state index is 11.9. The van der Waals surface area contributed by atoms with Crippen molar-refractivity contribution in [3.8, 4) is 5.75 Å². The largest absolute Gasteiger partial charge is 0.412 e. The lowest BCUT2D eigenvalue weighted by molar-refractivity contribution is 0.0204. The molecule has 0 atom stereocenters. The first-order chi connectivity index (χ1) is 12.0. The van der Waals surface area contributed by atoms with E-state index in [1.54, 1.807) is 24.3 Å². The van der Waals surface area contributed by atoms with Crippen LogP contribution in [0.3, 0.4) is 0 Å². The molecule has 0 bridgehead atoms. The summed E-state index contributed by atoms with van der Waals surface area (Å²) in [5.74, 6) is 0.497. The van der Waals surface area contributed by atoms with E-state index in [2.05, 4.69) is 24.3 Å². The summed E-state index contributed by atoms with van der Waals surface area (Å²) in [6, 6.07) is 6.93. The normalized spacial score (nSPS) is 20.5. The van der Waals surface area contributed by atoms with E-state index in [9.17, 15) is 4.79 Å². The smallest absolute Gasteiger partial charge is 0.410 e. The molecule has 5 nitrogen and oxygen atoms in total. The molecule has 1 aliphatic rings. The fourth-order valence-corrected chi connectivity index (χ4v) is 3.09. The number of ether oxygens (including phenoxy) is 2. The molecule has 1 aromatic carbocycles. The van der Waals surface area contributed by atoms with E-state index in [0.717, 1.165) is 45.3 Å². The second-order valence-electron chi connectivity index (χ2n) is 6.84. The molecule has 0 saturated heterocycles. The van der Waals surface area contributed by atoms with Gasteiger partial charge < -0.3 is 19.7 Å². The van der Waals surface area contributed by atoms with Crippen LogP contribution in [0.1, 0.15) is 38.5 Å².